The summed E-state index contributed by atoms with van der Waals surface area (Å²) in [6.07, 6.45) is -0.883. The number of benzene rings is 1. The quantitative estimate of drug-likeness (QED) is 0.616. The highest BCUT2D eigenvalue weighted by atomic mass is 32.1. The van der Waals surface area contributed by atoms with Crippen LogP contribution in [0.2, 0.25) is 0 Å². The number of para-hydroxylation sites is 1. The number of carbonyl (C=O) groups excluding carboxylic acids is 2. The van der Waals surface area contributed by atoms with Crippen LogP contribution in [0, 0.1) is 6.92 Å². The van der Waals surface area contributed by atoms with Gasteiger partial charge in [0.1, 0.15) is 17.9 Å². The van der Waals surface area contributed by atoms with Gasteiger partial charge in [-0.2, -0.15) is 0 Å². The van der Waals surface area contributed by atoms with E-state index in [9.17, 15) is 9.59 Å². The molecular weight excluding hydrogens is 376 g/mol. The first-order chi connectivity index (χ1) is 13.2. The first kappa shape index (κ1) is 21.9. The number of hydrogen-bond donors (Lipinski definition) is 0. The zero-order chi connectivity index (χ0) is 20.8. The number of esters is 1. The molecule has 2 rings (SSSR count). The molecule has 0 unspecified atom stereocenters. The molecule has 0 aliphatic rings. The van der Waals surface area contributed by atoms with Gasteiger partial charge in [-0.3, -0.25) is 4.79 Å². The lowest BCUT2D eigenvalue weighted by molar-refractivity contribution is -0.143. The highest BCUT2D eigenvalue weighted by Crippen LogP contribution is 2.22. The Kier molecular flexibility index (Phi) is 7.57. The zero-order valence-electron chi connectivity index (χ0n) is 17.3. The number of nitrogens with zero attached hydrogens (tertiary/aromatic N) is 2. The Morgan fingerprint density at radius 3 is 2.32 bits per heavy atom. The van der Waals surface area contributed by atoms with Crippen molar-refractivity contribution in [1.29, 1.82) is 0 Å². The molecular formula is C21H28N2O4S. The van der Waals surface area contributed by atoms with E-state index >= 15 is 0 Å². The van der Waals surface area contributed by atoms with Gasteiger partial charge in [0.25, 0.3) is 5.91 Å². The molecule has 1 amide bonds. The lowest BCUT2D eigenvalue weighted by Crippen LogP contribution is -2.47. The summed E-state index contributed by atoms with van der Waals surface area (Å²) in [5.74, 6) is -0.393. The number of carbonyl (C=O) groups is 2. The standard InChI is InChI=1S/C21H28N2O4S/c1-13(2)23(14(3)4)20(24)15(5)27-21(25)18-9-7-8-10-19(18)26-11-17-12-28-16(6)22-17/h7-10,12-15H,11H2,1-6H3/t15-/m0/s1. The van der Waals surface area contributed by atoms with Crippen LogP contribution in [-0.4, -0.2) is 39.9 Å². The highest BCUT2D eigenvalue weighted by molar-refractivity contribution is 7.09. The smallest absolute Gasteiger partial charge is 0.342 e. The van der Waals surface area contributed by atoms with Gasteiger partial charge < -0.3 is 14.4 Å². The first-order valence-electron chi connectivity index (χ1n) is 9.36. The number of aryl methyl sites for hydroxylation is 1. The maximum absolute atomic E-state index is 12.7. The third kappa shape index (κ3) is 5.55. The van der Waals surface area contributed by atoms with Gasteiger partial charge in [-0.05, 0) is 53.7 Å². The molecule has 1 atom stereocenters. The van der Waals surface area contributed by atoms with E-state index in [0.717, 1.165) is 10.7 Å². The van der Waals surface area contributed by atoms with Crippen molar-refractivity contribution in [2.75, 3.05) is 0 Å². The fraction of sp³-hybridized carbons (Fsp3) is 0.476. The van der Waals surface area contributed by atoms with Gasteiger partial charge in [-0.15, -0.1) is 11.3 Å². The van der Waals surface area contributed by atoms with Crippen LogP contribution < -0.4 is 4.74 Å². The molecule has 0 N–H and O–H groups in total. The zero-order valence-corrected chi connectivity index (χ0v) is 18.1. The van der Waals surface area contributed by atoms with E-state index in [4.69, 9.17) is 9.47 Å². The van der Waals surface area contributed by atoms with E-state index in [-0.39, 0.29) is 30.2 Å². The Bertz CT molecular complexity index is 808. The molecule has 1 aromatic heterocycles. The molecule has 0 spiro atoms. The van der Waals surface area contributed by atoms with Crippen molar-refractivity contribution < 1.29 is 19.1 Å². The Balaban J connectivity index is 2.08. The average Bonchev–Trinajstić information content (AvgIpc) is 3.04. The van der Waals surface area contributed by atoms with Gasteiger partial charge in [-0.25, -0.2) is 9.78 Å². The Morgan fingerprint density at radius 2 is 1.75 bits per heavy atom. The molecule has 2 aromatic rings. The molecule has 0 saturated heterocycles. The molecule has 1 heterocycles. The topological polar surface area (TPSA) is 68.7 Å². The van der Waals surface area contributed by atoms with E-state index in [2.05, 4.69) is 4.98 Å². The van der Waals surface area contributed by atoms with Crippen molar-refractivity contribution in [3.8, 4) is 5.75 Å². The van der Waals surface area contributed by atoms with E-state index in [1.54, 1.807) is 47.4 Å². The number of thiazole rings is 1. The van der Waals surface area contributed by atoms with Crippen molar-refractivity contribution in [3.05, 3.63) is 45.9 Å². The second kappa shape index (κ2) is 9.68. The third-order valence-electron chi connectivity index (χ3n) is 4.15. The predicted octanol–water partition coefficient (Wildman–Crippen LogP) is 4.22. The van der Waals surface area contributed by atoms with Gasteiger partial charge in [-0.1, -0.05) is 12.1 Å². The summed E-state index contributed by atoms with van der Waals surface area (Å²) in [5, 5.41) is 2.88. The molecule has 0 aliphatic heterocycles. The fourth-order valence-corrected chi connectivity index (χ4v) is 3.57. The lowest BCUT2D eigenvalue weighted by Gasteiger charge is -2.32. The number of ether oxygens (including phenoxy) is 2. The van der Waals surface area contributed by atoms with Crippen LogP contribution in [0.1, 0.15) is 55.7 Å². The minimum Gasteiger partial charge on any atom is -0.486 e. The fourth-order valence-electron chi connectivity index (χ4n) is 2.98. The molecule has 0 radical (unpaired) electrons. The maximum atomic E-state index is 12.7. The van der Waals surface area contributed by atoms with Gasteiger partial charge >= 0.3 is 5.97 Å². The monoisotopic (exact) mass is 404 g/mol. The van der Waals surface area contributed by atoms with E-state index < -0.39 is 12.1 Å². The summed E-state index contributed by atoms with van der Waals surface area (Å²) in [6, 6.07) is 6.89. The van der Waals surface area contributed by atoms with Crippen molar-refractivity contribution in [2.45, 2.75) is 66.3 Å². The number of rotatable bonds is 8. The van der Waals surface area contributed by atoms with Crippen LogP contribution in [-0.2, 0) is 16.1 Å². The molecule has 6 nitrogen and oxygen atoms in total. The van der Waals surface area contributed by atoms with Crippen LogP contribution in [0.3, 0.4) is 0 Å². The third-order valence-corrected chi connectivity index (χ3v) is 4.97. The molecule has 0 saturated carbocycles. The van der Waals surface area contributed by atoms with E-state index in [0.29, 0.717) is 5.75 Å². The lowest BCUT2D eigenvalue weighted by atomic mass is 10.2. The van der Waals surface area contributed by atoms with Crippen molar-refractivity contribution >= 4 is 23.2 Å². The predicted molar refractivity (Wildman–Crippen MR) is 110 cm³/mol. The van der Waals surface area contributed by atoms with Crippen molar-refractivity contribution in [3.63, 3.8) is 0 Å². The second-order valence-corrected chi connectivity index (χ2v) is 8.19. The van der Waals surface area contributed by atoms with Crippen LogP contribution in [0.5, 0.6) is 5.75 Å². The molecule has 0 aliphatic carbocycles. The first-order valence-corrected chi connectivity index (χ1v) is 10.2. The van der Waals surface area contributed by atoms with Gasteiger partial charge in [0.2, 0.25) is 0 Å². The Hall–Kier alpha value is -2.41. The second-order valence-electron chi connectivity index (χ2n) is 7.12. The van der Waals surface area contributed by atoms with E-state index in [1.165, 1.54) is 0 Å². The largest absolute Gasteiger partial charge is 0.486 e. The van der Waals surface area contributed by atoms with Gasteiger partial charge in [0, 0.05) is 17.5 Å². The number of aromatic nitrogens is 1. The highest BCUT2D eigenvalue weighted by Gasteiger charge is 2.28. The van der Waals surface area contributed by atoms with Crippen LogP contribution in [0.4, 0.5) is 0 Å². The maximum Gasteiger partial charge on any atom is 0.342 e. The summed E-state index contributed by atoms with van der Waals surface area (Å²) in [4.78, 5) is 31.4. The summed E-state index contributed by atoms with van der Waals surface area (Å²) >= 11 is 1.54. The van der Waals surface area contributed by atoms with Gasteiger partial charge in [0.15, 0.2) is 6.10 Å². The molecule has 28 heavy (non-hydrogen) atoms. The molecule has 0 fully saturated rings. The van der Waals surface area contributed by atoms with Crippen LogP contribution in [0.25, 0.3) is 0 Å². The SMILES string of the molecule is Cc1nc(COc2ccccc2C(=O)O[C@@H](C)C(=O)N(C(C)C)C(C)C)cs1. The number of hydrogen-bond acceptors (Lipinski definition) is 6. The van der Waals surface area contributed by atoms with Crippen molar-refractivity contribution in [2.24, 2.45) is 0 Å². The summed E-state index contributed by atoms with van der Waals surface area (Å²) in [7, 11) is 0. The molecule has 0 bridgehead atoms. The average molecular weight is 405 g/mol. The van der Waals surface area contributed by atoms with Crippen LogP contribution in [0.15, 0.2) is 29.6 Å². The summed E-state index contributed by atoms with van der Waals surface area (Å²) in [5.41, 5.74) is 1.09. The molecule has 7 heteroatoms. The van der Waals surface area contributed by atoms with Gasteiger partial charge in [0.05, 0.1) is 10.7 Å². The normalized spacial score (nSPS) is 12.1. The molecule has 152 valence electrons. The minimum absolute atomic E-state index is 0.0193. The Morgan fingerprint density at radius 1 is 1.11 bits per heavy atom. The Labute approximate surface area is 170 Å². The van der Waals surface area contributed by atoms with E-state index in [1.807, 2.05) is 40.0 Å². The minimum atomic E-state index is -0.883. The van der Waals surface area contributed by atoms with Crippen molar-refractivity contribution in [1.82, 2.24) is 9.88 Å². The van der Waals surface area contributed by atoms with Crippen LogP contribution >= 0.6 is 11.3 Å². The summed E-state index contributed by atoms with van der Waals surface area (Å²) < 4.78 is 11.2. The molecule has 1 aromatic carbocycles. The number of amides is 1. The summed E-state index contributed by atoms with van der Waals surface area (Å²) in [6.45, 7) is 11.5.